The number of nitrogens with two attached hydrogens (primary N) is 2. The molecule has 0 fully saturated rings. The van der Waals surface area contributed by atoms with Gasteiger partial charge in [-0.25, -0.2) is 18.6 Å². The number of pyridine rings is 2. The number of rotatable bonds is 9. The third kappa shape index (κ3) is 6.65. The Morgan fingerprint density at radius 3 is 2.42 bits per heavy atom. The first-order valence-electron chi connectivity index (χ1n) is 12.9. The van der Waals surface area contributed by atoms with Crippen molar-refractivity contribution in [1.29, 1.82) is 0 Å². The highest BCUT2D eigenvalue weighted by Gasteiger charge is 2.38. The fourth-order valence-electron chi connectivity index (χ4n) is 4.40. The number of nitrogen functional groups attached to an aromatic ring is 1. The van der Waals surface area contributed by atoms with Crippen LogP contribution in [0.15, 0.2) is 71.9 Å². The number of aromatic nitrogens is 2. The van der Waals surface area contributed by atoms with E-state index in [1.165, 1.54) is 54.4 Å². The second-order valence-electron chi connectivity index (χ2n) is 10.1. The summed E-state index contributed by atoms with van der Waals surface area (Å²) in [6.45, 7) is 3.67. The molecule has 0 unspecified atom stereocenters. The molecule has 0 saturated carbocycles. The van der Waals surface area contributed by atoms with Crippen LogP contribution in [-0.4, -0.2) is 28.5 Å². The van der Waals surface area contributed by atoms with Crippen LogP contribution >= 0.6 is 11.6 Å². The van der Waals surface area contributed by atoms with E-state index in [9.17, 15) is 23.2 Å². The number of amides is 1. The largest absolute Gasteiger partial charge is 0.466 e. The van der Waals surface area contributed by atoms with Gasteiger partial charge < -0.3 is 25.1 Å². The zero-order valence-corrected chi connectivity index (χ0v) is 24.1. The minimum atomic E-state index is -1.80. The molecule has 4 rings (SSSR count). The number of methoxy groups -OCH3 is 1. The van der Waals surface area contributed by atoms with E-state index in [4.69, 9.17) is 32.5 Å². The fourth-order valence-corrected chi connectivity index (χ4v) is 4.55. The number of halogens is 3. The Hall–Kier alpha value is -4.81. The number of nitrogens with one attached hydrogen (secondary N) is 1. The second kappa shape index (κ2) is 12.6. The van der Waals surface area contributed by atoms with E-state index in [1.54, 1.807) is 0 Å². The van der Waals surface area contributed by atoms with Gasteiger partial charge in [-0.2, -0.15) is 0 Å². The van der Waals surface area contributed by atoms with Crippen molar-refractivity contribution in [1.82, 2.24) is 9.55 Å². The summed E-state index contributed by atoms with van der Waals surface area (Å²) in [7, 11) is 1.17. The van der Waals surface area contributed by atoms with Gasteiger partial charge in [0.1, 0.15) is 22.2 Å². The Balaban J connectivity index is 1.75. The number of hydrogen-bond donors (Lipinski definition) is 3. The zero-order chi connectivity index (χ0) is 31.5. The molecular weight excluding hydrogens is 584 g/mol. The summed E-state index contributed by atoms with van der Waals surface area (Å²) < 4.78 is 40.3. The van der Waals surface area contributed by atoms with E-state index in [2.05, 4.69) is 10.3 Å². The zero-order valence-electron chi connectivity index (χ0n) is 23.4. The van der Waals surface area contributed by atoms with Crippen LogP contribution in [0.4, 0.5) is 20.3 Å². The minimum absolute atomic E-state index is 0.000857. The van der Waals surface area contributed by atoms with Crippen LogP contribution in [0.1, 0.15) is 30.6 Å². The molecule has 5 N–H and O–H groups in total. The average Bonchev–Trinajstić information content (AvgIpc) is 2.96. The van der Waals surface area contributed by atoms with Crippen LogP contribution < -0.4 is 26.9 Å². The van der Waals surface area contributed by atoms with Crippen LogP contribution in [-0.2, 0) is 15.2 Å². The molecule has 0 aliphatic heterocycles. The van der Waals surface area contributed by atoms with Crippen molar-refractivity contribution in [3.05, 3.63) is 99.6 Å². The number of carbonyl (C=O) groups is 2. The van der Waals surface area contributed by atoms with Gasteiger partial charge in [-0.05, 0) is 42.2 Å². The van der Waals surface area contributed by atoms with Gasteiger partial charge in [0.15, 0.2) is 23.0 Å². The molecule has 0 bridgehead atoms. The lowest BCUT2D eigenvalue weighted by Crippen LogP contribution is -2.52. The maximum atomic E-state index is 15.0. The van der Waals surface area contributed by atoms with Crippen LogP contribution in [0.3, 0.4) is 0 Å². The van der Waals surface area contributed by atoms with Gasteiger partial charge in [0, 0.05) is 42.0 Å². The first-order chi connectivity index (χ1) is 20.3. The summed E-state index contributed by atoms with van der Waals surface area (Å²) in [6.07, 6.45) is 3.88. The van der Waals surface area contributed by atoms with Crippen molar-refractivity contribution in [3.63, 3.8) is 0 Å². The molecule has 0 aliphatic rings. The highest BCUT2D eigenvalue weighted by molar-refractivity contribution is 6.34. The Morgan fingerprint density at radius 1 is 1.09 bits per heavy atom. The van der Waals surface area contributed by atoms with E-state index >= 15 is 0 Å². The maximum absolute atomic E-state index is 15.0. The Kier molecular flexibility index (Phi) is 9.12. The number of benzene rings is 2. The summed E-state index contributed by atoms with van der Waals surface area (Å²) in [5, 5.41) is 2.48. The van der Waals surface area contributed by atoms with Crippen molar-refractivity contribution >= 4 is 35.0 Å². The number of nitrogens with zero attached hydrogens (tertiary/aromatic N) is 2. The van der Waals surface area contributed by atoms with Crippen molar-refractivity contribution in [3.8, 4) is 22.6 Å². The van der Waals surface area contributed by atoms with Crippen LogP contribution in [0.2, 0.25) is 5.02 Å². The topological polar surface area (TPSA) is 152 Å². The Morgan fingerprint density at radius 2 is 1.79 bits per heavy atom. The molecule has 1 amide bonds. The van der Waals surface area contributed by atoms with Crippen molar-refractivity contribution < 1.29 is 27.8 Å². The SMILES string of the molecule is COC(=O)[C@@](N)(CC(C)C)n1cc(C(=O)Nc2ccc(Oc3ccnc(N)c3Cl)c(F)c2)c(=O)c(-c2ccc(F)cc2)c1. The summed E-state index contributed by atoms with van der Waals surface area (Å²) >= 11 is 6.06. The smallest absolute Gasteiger partial charge is 0.347 e. The molecule has 0 saturated heterocycles. The molecule has 224 valence electrons. The molecule has 0 spiro atoms. The number of esters is 1. The molecule has 0 aliphatic carbocycles. The molecule has 10 nitrogen and oxygen atoms in total. The van der Waals surface area contributed by atoms with Crippen molar-refractivity contribution in [2.75, 3.05) is 18.2 Å². The van der Waals surface area contributed by atoms with E-state index in [0.717, 1.165) is 24.4 Å². The van der Waals surface area contributed by atoms with Crippen molar-refractivity contribution in [2.45, 2.75) is 25.9 Å². The lowest BCUT2D eigenvalue weighted by Gasteiger charge is -2.32. The number of hydrogen-bond acceptors (Lipinski definition) is 8. The first-order valence-corrected chi connectivity index (χ1v) is 13.3. The molecule has 43 heavy (non-hydrogen) atoms. The lowest BCUT2D eigenvalue weighted by atomic mass is 9.96. The third-order valence-electron chi connectivity index (χ3n) is 6.43. The lowest BCUT2D eigenvalue weighted by molar-refractivity contribution is -0.152. The van der Waals surface area contributed by atoms with Crippen molar-refractivity contribution in [2.24, 2.45) is 11.7 Å². The number of carbonyl (C=O) groups excluding carboxylic acids is 2. The molecular formula is C30H28ClF2N5O5. The maximum Gasteiger partial charge on any atom is 0.347 e. The standard InChI is InChI=1S/C30H28ClF2N5O5/c1-16(2)13-30(35,29(41)42-3)38-14-20(17-4-6-18(32)7-5-17)26(39)21(15-38)28(40)37-19-8-9-23(22(33)12-19)43-24-10-11-36-27(34)25(24)31/h4-12,14-16H,13,35H2,1-3H3,(H2,34,36)(H,37,40)/t30-/m1/s1. The quantitative estimate of drug-likeness (QED) is 0.216. The molecule has 13 heteroatoms. The molecule has 4 aromatic rings. The summed E-state index contributed by atoms with van der Waals surface area (Å²) in [6, 6.07) is 9.98. The van der Waals surface area contributed by atoms with Crippen LogP contribution in [0.5, 0.6) is 11.5 Å². The molecule has 2 aromatic heterocycles. The van der Waals surface area contributed by atoms with Gasteiger partial charge in [0.2, 0.25) is 5.43 Å². The summed E-state index contributed by atoms with van der Waals surface area (Å²) in [5.41, 5.74) is 9.49. The Labute approximate surface area is 250 Å². The number of ether oxygens (including phenoxy) is 2. The highest BCUT2D eigenvalue weighted by Crippen LogP contribution is 2.34. The second-order valence-corrected chi connectivity index (χ2v) is 10.4. The fraction of sp³-hybridized carbons (Fsp3) is 0.200. The van der Waals surface area contributed by atoms with Gasteiger partial charge >= 0.3 is 5.97 Å². The third-order valence-corrected chi connectivity index (χ3v) is 6.81. The van der Waals surface area contributed by atoms with E-state index in [0.29, 0.717) is 0 Å². The predicted octanol–water partition coefficient (Wildman–Crippen LogP) is 5.30. The minimum Gasteiger partial charge on any atom is -0.466 e. The average molecular weight is 612 g/mol. The Bertz CT molecular complexity index is 1750. The van der Waals surface area contributed by atoms with E-state index in [-0.39, 0.29) is 51.5 Å². The monoisotopic (exact) mass is 611 g/mol. The summed E-state index contributed by atoms with van der Waals surface area (Å²) in [4.78, 5) is 43.7. The molecule has 1 atom stereocenters. The van der Waals surface area contributed by atoms with Gasteiger partial charge in [-0.1, -0.05) is 37.6 Å². The summed E-state index contributed by atoms with van der Waals surface area (Å²) in [5.74, 6) is -3.37. The molecule has 0 radical (unpaired) electrons. The first kappa shape index (κ1) is 31.1. The van der Waals surface area contributed by atoms with E-state index in [1.807, 2.05) is 13.8 Å². The van der Waals surface area contributed by atoms with Gasteiger partial charge in [-0.15, -0.1) is 0 Å². The van der Waals surface area contributed by atoms with E-state index < -0.39 is 40.2 Å². The molecule has 2 heterocycles. The van der Waals surface area contributed by atoms with Gasteiger partial charge in [-0.3, -0.25) is 15.3 Å². The normalized spacial score (nSPS) is 12.5. The predicted molar refractivity (Wildman–Crippen MR) is 158 cm³/mol. The van der Waals surface area contributed by atoms with Crippen LogP contribution in [0, 0.1) is 17.6 Å². The highest BCUT2D eigenvalue weighted by atomic mass is 35.5. The van der Waals surface area contributed by atoms with Gasteiger partial charge in [0.05, 0.1) is 7.11 Å². The van der Waals surface area contributed by atoms with Gasteiger partial charge in [0.25, 0.3) is 5.91 Å². The number of anilines is 2. The van der Waals surface area contributed by atoms with Crippen LogP contribution in [0.25, 0.3) is 11.1 Å². The molecule has 2 aromatic carbocycles.